The van der Waals surface area contributed by atoms with Crippen LogP contribution in [0, 0.1) is 13.8 Å². The largest absolute Gasteiger partial charge is 0.330 e. The van der Waals surface area contributed by atoms with Crippen LogP contribution in [0.3, 0.4) is 0 Å². The Kier molecular flexibility index (Phi) is 6.16. The standard InChI is InChI=1S/C24H24N2O/c1-19-9-11-21(12-10-19)13-14-24(27)26(17-22-7-5-15-25-16-22)18-23-8-4-3-6-20(23)2/h3-16H,17-18H2,1-2H3/b14-13-. The lowest BCUT2D eigenvalue weighted by molar-refractivity contribution is -0.127. The molecule has 1 heterocycles. The molecule has 0 spiro atoms. The van der Waals surface area contributed by atoms with Crippen molar-refractivity contribution in [2.45, 2.75) is 26.9 Å². The van der Waals surface area contributed by atoms with Crippen molar-refractivity contribution in [3.8, 4) is 0 Å². The zero-order valence-corrected chi connectivity index (χ0v) is 15.8. The first kappa shape index (κ1) is 18.6. The van der Waals surface area contributed by atoms with Gasteiger partial charge in [0.2, 0.25) is 5.91 Å². The van der Waals surface area contributed by atoms with Crippen molar-refractivity contribution in [3.63, 3.8) is 0 Å². The van der Waals surface area contributed by atoms with Gasteiger partial charge in [0.25, 0.3) is 0 Å². The Morgan fingerprint density at radius 1 is 0.963 bits per heavy atom. The summed E-state index contributed by atoms with van der Waals surface area (Å²) in [6.45, 7) is 5.22. The number of amides is 1. The van der Waals surface area contributed by atoms with Gasteiger partial charge < -0.3 is 4.90 Å². The molecule has 3 nitrogen and oxygen atoms in total. The third-order valence-electron chi connectivity index (χ3n) is 4.53. The van der Waals surface area contributed by atoms with Crippen molar-refractivity contribution in [3.05, 3.63) is 107 Å². The Balaban J connectivity index is 1.80. The summed E-state index contributed by atoms with van der Waals surface area (Å²) in [5.74, 6) is -0.0114. The Bertz CT molecular complexity index is 915. The summed E-state index contributed by atoms with van der Waals surface area (Å²) in [4.78, 5) is 18.9. The van der Waals surface area contributed by atoms with E-state index >= 15 is 0 Å². The van der Waals surface area contributed by atoms with Gasteiger partial charge in [0.15, 0.2) is 0 Å². The van der Waals surface area contributed by atoms with Crippen LogP contribution in [0.25, 0.3) is 6.08 Å². The van der Waals surface area contributed by atoms with Crippen molar-refractivity contribution >= 4 is 12.0 Å². The van der Waals surface area contributed by atoms with Crippen LogP contribution in [0.1, 0.15) is 27.8 Å². The number of aromatic nitrogens is 1. The predicted molar refractivity (Wildman–Crippen MR) is 110 cm³/mol. The van der Waals surface area contributed by atoms with Gasteiger partial charge in [-0.15, -0.1) is 0 Å². The highest BCUT2D eigenvalue weighted by Gasteiger charge is 2.13. The fourth-order valence-electron chi connectivity index (χ4n) is 2.87. The van der Waals surface area contributed by atoms with Crippen LogP contribution in [0.2, 0.25) is 0 Å². The van der Waals surface area contributed by atoms with E-state index in [1.807, 2.05) is 65.7 Å². The number of carbonyl (C=O) groups is 1. The van der Waals surface area contributed by atoms with Crippen LogP contribution in [0.15, 0.2) is 79.1 Å². The monoisotopic (exact) mass is 356 g/mol. The maximum absolute atomic E-state index is 12.9. The number of rotatable bonds is 6. The molecule has 0 aliphatic heterocycles. The number of pyridine rings is 1. The molecule has 0 aliphatic carbocycles. The van der Waals surface area contributed by atoms with E-state index in [4.69, 9.17) is 0 Å². The molecule has 0 radical (unpaired) electrons. The van der Waals surface area contributed by atoms with Crippen LogP contribution in [-0.4, -0.2) is 15.8 Å². The normalized spacial score (nSPS) is 10.9. The first-order valence-electron chi connectivity index (χ1n) is 9.09. The fraction of sp³-hybridized carbons (Fsp3) is 0.167. The first-order valence-corrected chi connectivity index (χ1v) is 9.09. The van der Waals surface area contributed by atoms with Crippen molar-refractivity contribution in [2.24, 2.45) is 0 Å². The number of hydrogen-bond acceptors (Lipinski definition) is 2. The Labute approximate surface area is 161 Å². The first-order chi connectivity index (χ1) is 13.1. The number of hydrogen-bond donors (Lipinski definition) is 0. The minimum atomic E-state index is -0.0114. The molecule has 2 aromatic carbocycles. The molecular weight excluding hydrogens is 332 g/mol. The van der Waals surface area contributed by atoms with Gasteiger partial charge in [0, 0.05) is 31.6 Å². The van der Waals surface area contributed by atoms with Crippen LogP contribution in [0.4, 0.5) is 0 Å². The zero-order chi connectivity index (χ0) is 19.1. The minimum Gasteiger partial charge on any atom is -0.330 e. The molecule has 0 aliphatic rings. The van der Waals surface area contributed by atoms with Crippen LogP contribution < -0.4 is 0 Å². The molecule has 3 aromatic rings. The van der Waals surface area contributed by atoms with Gasteiger partial charge in [-0.05, 0) is 48.2 Å². The highest BCUT2D eigenvalue weighted by Crippen LogP contribution is 2.14. The Morgan fingerprint density at radius 3 is 2.44 bits per heavy atom. The van der Waals surface area contributed by atoms with Crippen LogP contribution in [-0.2, 0) is 17.9 Å². The molecule has 27 heavy (non-hydrogen) atoms. The van der Waals surface area contributed by atoms with Crippen molar-refractivity contribution in [1.29, 1.82) is 0 Å². The lowest BCUT2D eigenvalue weighted by Crippen LogP contribution is -2.28. The third kappa shape index (κ3) is 5.38. The van der Waals surface area contributed by atoms with Crippen molar-refractivity contribution in [1.82, 2.24) is 9.88 Å². The molecule has 0 unspecified atom stereocenters. The highest BCUT2D eigenvalue weighted by molar-refractivity contribution is 5.91. The zero-order valence-electron chi connectivity index (χ0n) is 15.8. The smallest absolute Gasteiger partial charge is 0.247 e. The summed E-state index contributed by atoms with van der Waals surface area (Å²) in [6.07, 6.45) is 7.07. The van der Waals surface area contributed by atoms with Gasteiger partial charge in [0.05, 0.1) is 0 Å². The van der Waals surface area contributed by atoms with Crippen LogP contribution in [0.5, 0.6) is 0 Å². The summed E-state index contributed by atoms with van der Waals surface area (Å²) in [7, 11) is 0. The fourth-order valence-corrected chi connectivity index (χ4v) is 2.87. The second-order valence-electron chi connectivity index (χ2n) is 6.73. The average Bonchev–Trinajstić information content (AvgIpc) is 2.69. The quantitative estimate of drug-likeness (QED) is 0.586. The van der Waals surface area contributed by atoms with Gasteiger partial charge in [-0.3, -0.25) is 9.78 Å². The molecule has 0 bridgehead atoms. The summed E-state index contributed by atoms with van der Waals surface area (Å²) >= 11 is 0. The van der Waals surface area contributed by atoms with E-state index in [1.54, 1.807) is 12.3 Å². The van der Waals surface area contributed by atoms with E-state index in [9.17, 15) is 4.79 Å². The van der Waals surface area contributed by atoms with Gasteiger partial charge >= 0.3 is 0 Å². The molecule has 1 amide bonds. The lowest BCUT2D eigenvalue weighted by Gasteiger charge is -2.22. The SMILES string of the molecule is Cc1ccc(/C=C\C(=O)N(Cc2cccnc2)Cc2ccccc2C)cc1. The number of carbonyl (C=O) groups excluding carboxylic acids is 1. The topological polar surface area (TPSA) is 33.2 Å². The molecule has 3 heteroatoms. The number of benzene rings is 2. The molecule has 0 fully saturated rings. The third-order valence-corrected chi connectivity index (χ3v) is 4.53. The molecule has 0 atom stereocenters. The Morgan fingerprint density at radius 2 is 1.74 bits per heavy atom. The molecule has 0 N–H and O–H groups in total. The van der Waals surface area contributed by atoms with Crippen molar-refractivity contribution in [2.75, 3.05) is 0 Å². The van der Waals surface area contributed by atoms with E-state index in [1.165, 1.54) is 11.1 Å². The molecule has 3 rings (SSSR count). The summed E-state index contributed by atoms with van der Waals surface area (Å²) < 4.78 is 0. The Hall–Kier alpha value is -3.20. The second-order valence-corrected chi connectivity index (χ2v) is 6.73. The molecule has 0 saturated heterocycles. The second kappa shape index (κ2) is 8.95. The average molecular weight is 356 g/mol. The van der Waals surface area contributed by atoms with E-state index in [0.29, 0.717) is 13.1 Å². The highest BCUT2D eigenvalue weighted by atomic mass is 16.2. The van der Waals surface area contributed by atoms with Crippen molar-refractivity contribution < 1.29 is 4.79 Å². The number of nitrogens with zero attached hydrogens (tertiary/aromatic N) is 2. The van der Waals surface area contributed by atoms with Crippen LogP contribution >= 0.6 is 0 Å². The van der Waals surface area contributed by atoms with E-state index < -0.39 is 0 Å². The lowest BCUT2D eigenvalue weighted by atomic mass is 10.1. The molecule has 0 saturated carbocycles. The summed E-state index contributed by atoms with van der Waals surface area (Å²) in [5, 5.41) is 0. The predicted octanol–water partition coefficient (Wildman–Crippen LogP) is 4.94. The van der Waals surface area contributed by atoms with E-state index in [0.717, 1.165) is 16.7 Å². The van der Waals surface area contributed by atoms with Gasteiger partial charge in [-0.2, -0.15) is 0 Å². The van der Waals surface area contributed by atoms with Gasteiger partial charge in [-0.1, -0.05) is 60.2 Å². The van der Waals surface area contributed by atoms with E-state index in [2.05, 4.69) is 31.0 Å². The molecule has 136 valence electrons. The summed E-state index contributed by atoms with van der Waals surface area (Å²) in [6, 6.07) is 20.2. The van der Waals surface area contributed by atoms with E-state index in [-0.39, 0.29) is 5.91 Å². The van der Waals surface area contributed by atoms with Gasteiger partial charge in [-0.25, -0.2) is 0 Å². The molecular formula is C24H24N2O. The maximum Gasteiger partial charge on any atom is 0.247 e. The molecule has 1 aromatic heterocycles. The number of aryl methyl sites for hydroxylation is 2. The summed E-state index contributed by atoms with van der Waals surface area (Å²) in [5.41, 5.74) is 5.58. The minimum absolute atomic E-state index is 0.0114. The van der Waals surface area contributed by atoms with Gasteiger partial charge in [0.1, 0.15) is 0 Å². The maximum atomic E-state index is 12.9.